The molecule has 1 aromatic rings. The molecule has 1 heterocycles. The number of rotatable bonds is 4. The molecule has 1 saturated heterocycles. The van der Waals surface area contributed by atoms with Crippen LogP contribution < -0.4 is 11.1 Å². The minimum atomic E-state index is -0.484. The molecule has 3 N–H and O–H groups in total. The van der Waals surface area contributed by atoms with Crippen molar-refractivity contribution in [3.8, 4) is 0 Å². The third-order valence-electron chi connectivity index (χ3n) is 3.32. The van der Waals surface area contributed by atoms with E-state index in [1.165, 1.54) is 18.2 Å². The lowest BCUT2D eigenvalue weighted by Gasteiger charge is -2.18. The van der Waals surface area contributed by atoms with Crippen molar-refractivity contribution in [3.63, 3.8) is 0 Å². The Morgan fingerprint density at radius 1 is 1.60 bits per heavy atom. The fourth-order valence-electron chi connectivity index (χ4n) is 2.08. The Kier molecular flexibility index (Phi) is 4.88. The predicted molar refractivity (Wildman–Crippen MR) is 80.3 cm³/mol. The first-order chi connectivity index (χ1) is 9.47. The maximum absolute atomic E-state index is 13.1. The lowest BCUT2D eigenvalue weighted by Crippen LogP contribution is -2.26. The Balaban J connectivity index is 1.91. The molecule has 6 heteroatoms. The average Bonchev–Trinajstić information content (AvgIpc) is 2.79. The van der Waals surface area contributed by atoms with Gasteiger partial charge >= 0.3 is 0 Å². The van der Waals surface area contributed by atoms with Gasteiger partial charge in [-0.3, -0.25) is 4.79 Å². The molecule has 20 heavy (non-hydrogen) atoms. The highest BCUT2D eigenvalue weighted by Gasteiger charge is 2.28. The highest BCUT2D eigenvalue weighted by molar-refractivity contribution is 8.01. The highest BCUT2D eigenvalue weighted by atomic mass is 32.2. The SMILES string of the molecule is CC(SC1CCOC1C)C(=O)Nc1ccc(F)c(N)c1. The molecule has 1 fully saturated rings. The van der Waals surface area contributed by atoms with Crippen LogP contribution in [0.1, 0.15) is 20.3 Å². The van der Waals surface area contributed by atoms with E-state index >= 15 is 0 Å². The summed E-state index contributed by atoms with van der Waals surface area (Å²) in [4.78, 5) is 12.1. The summed E-state index contributed by atoms with van der Waals surface area (Å²) >= 11 is 1.61. The number of nitrogen functional groups attached to an aromatic ring is 1. The fraction of sp³-hybridized carbons (Fsp3) is 0.500. The second-order valence-electron chi connectivity index (χ2n) is 4.91. The van der Waals surface area contributed by atoms with Crippen LogP contribution in [-0.2, 0) is 9.53 Å². The lowest BCUT2D eigenvalue weighted by molar-refractivity contribution is -0.115. The molecule has 1 amide bonds. The van der Waals surface area contributed by atoms with E-state index in [-0.39, 0.29) is 22.9 Å². The Hall–Kier alpha value is -1.27. The van der Waals surface area contributed by atoms with E-state index in [2.05, 4.69) is 5.32 Å². The summed E-state index contributed by atoms with van der Waals surface area (Å²) in [6.07, 6.45) is 1.14. The van der Waals surface area contributed by atoms with Crippen molar-refractivity contribution >= 4 is 29.0 Å². The number of carbonyl (C=O) groups excluding carboxylic acids is 1. The second-order valence-corrected chi connectivity index (χ2v) is 6.49. The minimum Gasteiger partial charge on any atom is -0.396 e. The molecule has 0 radical (unpaired) electrons. The van der Waals surface area contributed by atoms with Crippen LogP contribution >= 0.6 is 11.8 Å². The maximum atomic E-state index is 13.1. The largest absolute Gasteiger partial charge is 0.396 e. The van der Waals surface area contributed by atoms with Crippen LogP contribution in [0.25, 0.3) is 0 Å². The van der Waals surface area contributed by atoms with Crippen LogP contribution in [0, 0.1) is 5.82 Å². The minimum absolute atomic E-state index is 0.0286. The summed E-state index contributed by atoms with van der Waals surface area (Å²) in [5.41, 5.74) is 6.01. The number of nitrogens with two attached hydrogens (primary N) is 1. The van der Waals surface area contributed by atoms with Gasteiger partial charge in [-0.05, 0) is 38.5 Å². The number of carbonyl (C=O) groups is 1. The molecular formula is C14H19FN2O2S. The van der Waals surface area contributed by atoms with Gasteiger partial charge in [-0.1, -0.05) is 0 Å². The van der Waals surface area contributed by atoms with E-state index in [0.29, 0.717) is 10.9 Å². The fourth-order valence-corrected chi connectivity index (χ4v) is 3.32. The molecule has 0 aliphatic carbocycles. The van der Waals surface area contributed by atoms with E-state index < -0.39 is 5.82 Å². The van der Waals surface area contributed by atoms with Crippen LogP contribution in [0.4, 0.5) is 15.8 Å². The monoisotopic (exact) mass is 298 g/mol. The quantitative estimate of drug-likeness (QED) is 0.839. The van der Waals surface area contributed by atoms with Crippen LogP contribution in [0.5, 0.6) is 0 Å². The van der Waals surface area contributed by atoms with E-state index in [1.54, 1.807) is 11.8 Å². The molecule has 1 aliphatic rings. The predicted octanol–water partition coefficient (Wildman–Crippen LogP) is 2.65. The van der Waals surface area contributed by atoms with E-state index in [4.69, 9.17) is 10.5 Å². The lowest BCUT2D eigenvalue weighted by atomic mass is 10.2. The van der Waals surface area contributed by atoms with Crippen molar-refractivity contribution in [2.75, 3.05) is 17.7 Å². The van der Waals surface area contributed by atoms with Crippen molar-refractivity contribution in [2.24, 2.45) is 0 Å². The summed E-state index contributed by atoms with van der Waals surface area (Å²) < 4.78 is 18.5. The molecule has 0 bridgehead atoms. The summed E-state index contributed by atoms with van der Waals surface area (Å²) in [7, 11) is 0. The van der Waals surface area contributed by atoms with Crippen LogP contribution in [0.3, 0.4) is 0 Å². The molecule has 1 aliphatic heterocycles. The third-order valence-corrected chi connectivity index (χ3v) is 4.91. The van der Waals surface area contributed by atoms with Gasteiger partial charge in [0.05, 0.1) is 17.0 Å². The van der Waals surface area contributed by atoms with Gasteiger partial charge in [0.15, 0.2) is 0 Å². The van der Waals surface area contributed by atoms with Gasteiger partial charge in [0.25, 0.3) is 0 Å². The van der Waals surface area contributed by atoms with Crippen molar-refractivity contribution in [1.82, 2.24) is 0 Å². The van der Waals surface area contributed by atoms with Gasteiger partial charge in [0, 0.05) is 17.5 Å². The normalized spacial score (nSPS) is 23.6. The molecule has 1 aromatic carbocycles. The molecule has 3 atom stereocenters. The Morgan fingerprint density at radius 2 is 2.35 bits per heavy atom. The zero-order valence-corrected chi connectivity index (χ0v) is 12.4. The number of ether oxygens (including phenoxy) is 1. The average molecular weight is 298 g/mol. The first-order valence-electron chi connectivity index (χ1n) is 6.60. The first-order valence-corrected chi connectivity index (χ1v) is 7.54. The summed E-state index contributed by atoms with van der Waals surface area (Å²) in [5.74, 6) is -0.595. The molecule has 0 aromatic heterocycles. The second kappa shape index (κ2) is 6.45. The Labute approximate surface area is 122 Å². The summed E-state index contributed by atoms with van der Waals surface area (Å²) in [5, 5.41) is 2.89. The number of halogens is 1. The highest BCUT2D eigenvalue weighted by Crippen LogP contribution is 2.30. The summed E-state index contributed by atoms with van der Waals surface area (Å²) in [6, 6.07) is 4.17. The number of hydrogen-bond donors (Lipinski definition) is 2. The zero-order valence-electron chi connectivity index (χ0n) is 11.6. The third kappa shape index (κ3) is 3.64. The van der Waals surface area contributed by atoms with Crippen LogP contribution in [0.15, 0.2) is 18.2 Å². The smallest absolute Gasteiger partial charge is 0.237 e. The molecule has 110 valence electrons. The molecule has 0 spiro atoms. The van der Waals surface area contributed by atoms with Gasteiger partial charge in [0.1, 0.15) is 5.82 Å². The Bertz CT molecular complexity index is 498. The van der Waals surface area contributed by atoms with E-state index in [0.717, 1.165) is 13.0 Å². The van der Waals surface area contributed by atoms with E-state index in [1.807, 2.05) is 13.8 Å². The van der Waals surface area contributed by atoms with Gasteiger partial charge in [0.2, 0.25) is 5.91 Å². The first kappa shape index (κ1) is 15.1. The molecule has 4 nitrogen and oxygen atoms in total. The van der Waals surface area contributed by atoms with Crippen molar-refractivity contribution in [2.45, 2.75) is 36.9 Å². The zero-order chi connectivity index (χ0) is 14.7. The summed E-state index contributed by atoms with van der Waals surface area (Å²) in [6.45, 7) is 4.63. The Morgan fingerprint density at radius 3 is 2.95 bits per heavy atom. The van der Waals surface area contributed by atoms with Crippen molar-refractivity contribution < 1.29 is 13.9 Å². The van der Waals surface area contributed by atoms with Gasteiger partial charge in [-0.25, -0.2) is 4.39 Å². The van der Waals surface area contributed by atoms with Crippen molar-refractivity contribution in [1.29, 1.82) is 0 Å². The van der Waals surface area contributed by atoms with Crippen LogP contribution in [0.2, 0.25) is 0 Å². The molecule has 0 saturated carbocycles. The number of nitrogens with one attached hydrogen (secondary N) is 1. The van der Waals surface area contributed by atoms with Gasteiger partial charge in [-0.15, -0.1) is 11.8 Å². The van der Waals surface area contributed by atoms with Crippen molar-refractivity contribution in [3.05, 3.63) is 24.0 Å². The number of thioether (sulfide) groups is 1. The number of anilines is 2. The number of hydrogen-bond acceptors (Lipinski definition) is 4. The number of amides is 1. The molecular weight excluding hydrogens is 279 g/mol. The number of benzene rings is 1. The standard InChI is InChI=1S/C14H19FN2O2S/c1-8-13(5-6-19-8)20-9(2)14(18)17-10-3-4-11(15)12(16)7-10/h3-4,7-9,13H,5-6,16H2,1-2H3,(H,17,18). The van der Waals surface area contributed by atoms with Gasteiger partial charge < -0.3 is 15.8 Å². The topological polar surface area (TPSA) is 64.3 Å². The maximum Gasteiger partial charge on any atom is 0.237 e. The van der Waals surface area contributed by atoms with Crippen LogP contribution in [-0.4, -0.2) is 29.1 Å². The van der Waals surface area contributed by atoms with E-state index in [9.17, 15) is 9.18 Å². The molecule has 2 rings (SSSR count). The van der Waals surface area contributed by atoms with Gasteiger partial charge in [-0.2, -0.15) is 0 Å². The molecule has 3 unspecified atom stereocenters.